The van der Waals surface area contributed by atoms with Gasteiger partial charge >= 0.3 is 0 Å². The third kappa shape index (κ3) is 3.22. The number of thiophene rings is 2. The van der Waals surface area contributed by atoms with E-state index in [4.69, 9.17) is 0 Å². The van der Waals surface area contributed by atoms with Gasteiger partial charge in [0.15, 0.2) is 0 Å². The van der Waals surface area contributed by atoms with E-state index in [-0.39, 0.29) is 5.41 Å². The summed E-state index contributed by atoms with van der Waals surface area (Å²) in [6.07, 6.45) is 0. The van der Waals surface area contributed by atoms with Crippen LogP contribution in [0.2, 0.25) is 0 Å². The van der Waals surface area contributed by atoms with Crippen LogP contribution in [-0.4, -0.2) is 6.54 Å². The summed E-state index contributed by atoms with van der Waals surface area (Å²) in [5, 5.41) is 5.75. The second-order valence-corrected chi connectivity index (χ2v) is 7.81. The van der Waals surface area contributed by atoms with Gasteiger partial charge in [0.1, 0.15) is 0 Å². The Morgan fingerprint density at radius 1 is 1.28 bits per heavy atom. The molecule has 1 N–H and O–H groups in total. The second-order valence-electron chi connectivity index (χ2n) is 5.40. The Hall–Kier alpha value is -0.640. The molecule has 2 aromatic heterocycles. The molecule has 0 atom stereocenters. The molecule has 18 heavy (non-hydrogen) atoms. The molecule has 2 heterocycles. The van der Waals surface area contributed by atoms with Crippen LogP contribution in [0.15, 0.2) is 23.6 Å². The van der Waals surface area contributed by atoms with Gasteiger partial charge in [-0.25, -0.2) is 0 Å². The van der Waals surface area contributed by atoms with E-state index in [1.54, 1.807) is 0 Å². The van der Waals surface area contributed by atoms with Crippen molar-refractivity contribution < 1.29 is 0 Å². The highest BCUT2D eigenvalue weighted by Gasteiger charge is 2.21. The number of hydrogen-bond donors (Lipinski definition) is 1. The van der Waals surface area contributed by atoms with Crippen molar-refractivity contribution in [2.45, 2.75) is 39.7 Å². The Morgan fingerprint density at radius 2 is 2.06 bits per heavy atom. The first-order valence-electron chi connectivity index (χ1n) is 6.29. The van der Waals surface area contributed by atoms with Crippen LogP contribution in [0.25, 0.3) is 0 Å². The standard InChI is InChI=1S/C15H21NS2/c1-11-8-13(12(2)18-11)9-16-10-15(3,4)14-6-5-7-17-14/h5-8,16H,9-10H2,1-4H3. The van der Waals surface area contributed by atoms with Crippen molar-refractivity contribution in [1.82, 2.24) is 5.32 Å². The van der Waals surface area contributed by atoms with Gasteiger partial charge in [0.2, 0.25) is 0 Å². The summed E-state index contributed by atoms with van der Waals surface area (Å²) in [4.78, 5) is 4.30. The molecule has 2 rings (SSSR count). The lowest BCUT2D eigenvalue weighted by Gasteiger charge is -2.23. The van der Waals surface area contributed by atoms with Gasteiger partial charge in [0.25, 0.3) is 0 Å². The maximum absolute atomic E-state index is 3.60. The van der Waals surface area contributed by atoms with Gasteiger partial charge in [-0.2, -0.15) is 0 Å². The van der Waals surface area contributed by atoms with Crippen LogP contribution in [0.4, 0.5) is 0 Å². The monoisotopic (exact) mass is 279 g/mol. The van der Waals surface area contributed by atoms with Crippen LogP contribution in [0, 0.1) is 13.8 Å². The van der Waals surface area contributed by atoms with Gasteiger partial charge in [-0.15, -0.1) is 22.7 Å². The van der Waals surface area contributed by atoms with Crippen molar-refractivity contribution in [3.63, 3.8) is 0 Å². The van der Waals surface area contributed by atoms with E-state index in [0.29, 0.717) is 0 Å². The first-order chi connectivity index (χ1) is 8.49. The normalized spacial score (nSPS) is 12.0. The molecule has 0 spiro atoms. The van der Waals surface area contributed by atoms with E-state index in [2.05, 4.69) is 56.6 Å². The molecule has 0 aliphatic heterocycles. The summed E-state index contributed by atoms with van der Waals surface area (Å²) < 4.78 is 0. The summed E-state index contributed by atoms with van der Waals surface area (Å²) in [6.45, 7) is 11.0. The Kier molecular flexibility index (Phi) is 4.25. The highest BCUT2D eigenvalue weighted by molar-refractivity contribution is 7.12. The van der Waals surface area contributed by atoms with Crippen LogP contribution in [0.1, 0.15) is 34.0 Å². The van der Waals surface area contributed by atoms with E-state index in [1.807, 2.05) is 22.7 Å². The molecular formula is C15H21NS2. The number of aryl methyl sites for hydroxylation is 2. The molecule has 0 amide bonds. The first-order valence-corrected chi connectivity index (χ1v) is 7.99. The van der Waals surface area contributed by atoms with Gasteiger partial charge < -0.3 is 5.32 Å². The Bertz CT molecular complexity index is 495. The predicted octanol–water partition coefficient (Wildman–Crippen LogP) is 4.49. The maximum Gasteiger partial charge on any atom is 0.0216 e. The molecule has 3 heteroatoms. The molecule has 0 aromatic carbocycles. The summed E-state index contributed by atoms with van der Waals surface area (Å²) in [5.74, 6) is 0. The molecule has 0 bridgehead atoms. The van der Waals surface area contributed by atoms with Crippen molar-refractivity contribution in [3.8, 4) is 0 Å². The SMILES string of the molecule is Cc1cc(CNCC(C)(C)c2cccs2)c(C)s1. The minimum atomic E-state index is 0.215. The molecule has 0 saturated carbocycles. The minimum absolute atomic E-state index is 0.215. The summed E-state index contributed by atoms with van der Waals surface area (Å²) in [7, 11) is 0. The van der Waals surface area contributed by atoms with Gasteiger partial charge in [-0.05, 0) is 36.9 Å². The minimum Gasteiger partial charge on any atom is -0.312 e. The van der Waals surface area contributed by atoms with Crippen LogP contribution in [0.5, 0.6) is 0 Å². The van der Waals surface area contributed by atoms with Crippen molar-refractivity contribution in [1.29, 1.82) is 0 Å². The molecule has 0 aliphatic carbocycles. The molecule has 0 saturated heterocycles. The van der Waals surface area contributed by atoms with Crippen LogP contribution >= 0.6 is 22.7 Å². The lowest BCUT2D eigenvalue weighted by Crippen LogP contribution is -2.31. The van der Waals surface area contributed by atoms with Crippen LogP contribution in [-0.2, 0) is 12.0 Å². The number of rotatable bonds is 5. The lowest BCUT2D eigenvalue weighted by atomic mass is 9.91. The number of nitrogens with one attached hydrogen (secondary N) is 1. The zero-order valence-electron chi connectivity index (χ0n) is 11.5. The van der Waals surface area contributed by atoms with Crippen LogP contribution in [0.3, 0.4) is 0 Å². The third-order valence-electron chi connectivity index (χ3n) is 3.21. The fourth-order valence-corrected chi connectivity index (χ4v) is 3.92. The van der Waals surface area contributed by atoms with Gasteiger partial charge in [0.05, 0.1) is 0 Å². The highest BCUT2D eigenvalue weighted by Crippen LogP contribution is 2.27. The van der Waals surface area contributed by atoms with E-state index < -0.39 is 0 Å². The largest absolute Gasteiger partial charge is 0.312 e. The number of hydrogen-bond acceptors (Lipinski definition) is 3. The zero-order chi connectivity index (χ0) is 13.2. The maximum atomic E-state index is 3.60. The molecule has 0 aliphatic rings. The van der Waals surface area contributed by atoms with Crippen molar-refractivity contribution >= 4 is 22.7 Å². The molecule has 1 nitrogen and oxygen atoms in total. The van der Waals surface area contributed by atoms with E-state index in [0.717, 1.165) is 13.1 Å². The van der Waals surface area contributed by atoms with Crippen molar-refractivity contribution in [2.24, 2.45) is 0 Å². The quantitative estimate of drug-likeness (QED) is 0.850. The van der Waals surface area contributed by atoms with E-state index >= 15 is 0 Å². The Balaban J connectivity index is 1.91. The summed E-state index contributed by atoms with van der Waals surface area (Å²) in [5.41, 5.74) is 1.66. The average Bonchev–Trinajstić information content (AvgIpc) is 2.89. The lowest BCUT2D eigenvalue weighted by molar-refractivity contribution is 0.476. The van der Waals surface area contributed by atoms with Gasteiger partial charge in [0, 0.05) is 33.1 Å². The molecule has 98 valence electrons. The highest BCUT2D eigenvalue weighted by atomic mass is 32.1. The fourth-order valence-electron chi connectivity index (χ4n) is 2.12. The van der Waals surface area contributed by atoms with E-state index in [1.165, 1.54) is 20.2 Å². The third-order valence-corrected chi connectivity index (χ3v) is 5.46. The first kappa shape index (κ1) is 13.8. The Labute approximate surface area is 118 Å². The van der Waals surface area contributed by atoms with Gasteiger partial charge in [-0.3, -0.25) is 0 Å². The fraction of sp³-hybridized carbons (Fsp3) is 0.467. The zero-order valence-corrected chi connectivity index (χ0v) is 13.2. The molecule has 0 unspecified atom stereocenters. The average molecular weight is 279 g/mol. The topological polar surface area (TPSA) is 12.0 Å². The predicted molar refractivity (Wildman–Crippen MR) is 82.8 cm³/mol. The smallest absolute Gasteiger partial charge is 0.0216 e. The molecular weight excluding hydrogens is 258 g/mol. The summed E-state index contributed by atoms with van der Waals surface area (Å²) in [6, 6.07) is 6.66. The van der Waals surface area contributed by atoms with Crippen molar-refractivity contribution in [3.05, 3.63) is 43.8 Å². The van der Waals surface area contributed by atoms with E-state index in [9.17, 15) is 0 Å². The molecule has 0 radical (unpaired) electrons. The second kappa shape index (κ2) is 5.55. The summed E-state index contributed by atoms with van der Waals surface area (Å²) >= 11 is 3.73. The molecule has 0 fully saturated rings. The van der Waals surface area contributed by atoms with Gasteiger partial charge in [-0.1, -0.05) is 19.9 Å². The Morgan fingerprint density at radius 3 is 2.61 bits per heavy atom. The molecule has 2 aromatic rings. The van der Waals surface area contributed by atoms with Crippen LogP contribution < -0.4 is 5.32 Å². The van der Waals surface area contributed by atoms with Crippen molar-refractivity contribution in [2.75, 3.05) is 6.54 Å².